The third kappa shape index (κ3) is 4.23. The minimum atomic E-state index is 0.0633. The van der Waals surface area contributed by atoms with Gasteiger partial charge in [-0.15, -0.1) is 11.6 Å². The van der Waals surface area contributed by atoms with Crippen molar-refractivity contribution in [1.29, 1.82) is 0 Å². The maximum atomic E-state index is 11.5. The molecule has 0 aliphatic rings. The second kappa shape index (κ2) is 6.54. The molecule has 88 valence electrons. The van der Waals surface area contributed by atoms with E-state index in [1.165, 1.54) is 11.1 Å². The van der Waals surface area contributed by atoms with Gasteiger partial charge in [0.05, 0.1) is 0 Å². The Morgan fingerprint density at radius 1 is 1.25 bits per heavy atom. The largest absolute Gasteiger partial charge is 0.326 e. The summed E-state index contributed by atoms with van der Waals surface area (Å²) in [5, 5.41) is 2.89. The normalized spacial score (nSPS) is 10.2. The highest BCUT2D eigenvalue weighted by molar-refractivity contribution is 6.17. The van der Waals surface area contributed by atoms with E-state index < -0.39 is 0 Å². The van der Waals surface area contributed by atoms with E-state index in [-0.39, 0.29) is 5.91 Å². The molecular formula is C13H18ClNO. The van der Waals surface area contributed by atoms with Crippen molar-refractivity contribution in [3.05, 3.63) is 29.3 Å². The maximum absolute atomic E-state index is 11.5. The number of carbonyl (C=O) groups is 1. The monoisotopic (exact) mass is 239 g/mol. The van der Waals surface area contributed by atoms with Crippen LogP contribution < -0.4 is 5.32 Å². The number of nitrogens with one attached hydrogen (secondary N) is 1. The Morgan fingerprint density at radius 3 is 2.62 bits per heavy atom. The molecule has 0 fully saturated rings. The molecule has 1 rings (SSSR count). The van der Waals surface area contributed by atoms with Crippen molar-refractivity contribution >= 4 is 23.2 Å². The number of halogens is 1. The van der Waals surface area contributed by atoms with Gasteiger partial charge in [-0.05, 0) is 49.9 Å². The van der Waals surface area contributed by atoms with E-state index >= 15 is 0 Å². The van der Waals surface area contributed by atoms with Crippen molar-refractivity contribution in [1.82, 2.24) is 0 Å². The highest BCUT2D eigenvalue weighted by Crippen LogP contribution is 2.14. The molecule has 0 saturated carbocycles. The van der Waals surface area contributed by atoms with Gasteiger partial charge in [-0.2, -0.15) is 0 Å². The molecule has 0 heterocycles. The molecule has 0 saturated heterocycles. The lowest BCUT2D eigenvalue weighted by molar-refractivity contribution is -0.116. The van der Waals surface area contributed by atoms with E-state index in [1.54, 1.807) is 0 Å². The van der Waals surface area contributed by atoms with Crippen LogP contribution in [0.25, 0.3) is 0 Å². The Balaban J connectivity index is 2.46. The lowest BCUT2D eigenvalue weighted by Gasteiger charge is -2.07. The standard InChI is InChI=1S/C13H18ClNO/c1-10-6-7-12(9-11(10)2)15-13(16)5-3-4-8-14/h6-7,9H,3-5,8H2,1-2H3,(H,15,16). The first-order chi connectivity index (χ1) is 7.63. The molecule has 0 atom stereocenters. The molecule has 1 amide bonds. The van der Waals surface area contributed by atoms with Crippen LogP contribution in [0.5, 0.6) is 0 Å². The van der Waals surface area contributed by atoms with Crippen LogP contribution in [0, 0.1) is 13.8 Å². The molecule has 2 nitrogen and oxygen atoms in total. The summed E-state index contributed by atoms with van der Waals surface area (Å²) in [6, 6.07) is 5.94. The second-order valence-electron chi connectivity index (χ2n) is 3.99. The van der Waals surface area contributed by atoms with E-state index in [4.69, 9.17) is 11.6 Å². The topological polar surface area (TPSA) is 29.1 Å². The van der Waals surface area contributed by atoms with Gasteiger partial charge in [0.2, 0.25) is 5.91 Å². The van der Waals surface area contributed by atoms with Crippen LogP contribution >= 0.6 is 11.6 Å². The summed E-state index contributed by atoms with van der Waals surface area (Å²) in [4.78, 5) is 11.5. The number of carbonyl (C=O) groups excluding carboxylic acids is 1. The third-order valence-corrected chi connectivity index (χ3v) is 2.85. The van der Waals surface area contributed by atoms with Gasteiger partial charge in [0.15, 0.2) is 0 Å². The lowest BCUT2D eigenvalue weighted by atomic mass is 10.1. The van der Waals surface area contributed by atoms with Gasteiger partial charge in [0, 0.05) is 18.0 Å². The average molecular weight is 240 g/mol. The zero-order chi connectivity index (χ0) is 12.0. The summed E-state index contributed by atoms with van der Waals surface area (Å²) >= 11 is 5.55. The summed E-state index contributed by atoms with van der Waals surface area (Å²) in [5.74, 6) is 0.685. The molecule has 1 aromatic rings. The van der Waals surface area contributed by atoms with Crippen LogP contribution in [0.2, 0.25) is 0 Å². The van der Waals surface area contributed by atoms with Gasteiger partial charge in [-0.3, -0.25) is 4.79 Å². The number of rotatable bonds is 5. The van der Waals surface area contributed by atoms with Gasteiger partial charge in [-0.25, -0.2) is 0 Å². The molecule has 1 N–H and O–H groups in total. The molecule has 3 heteroatoms. The number of hydrogen-bond acceptors (Lipinski definition) is 1. The summed E-state index contributed by atoms with van der Waals surface area (Å²) in [6.45, 7) is 4.10. The molecule has 1 aromatic carbocycles. The fraction of sp³-hybridized carbons (Fsp3) is 0.462. The minimum Gasteiger partial charge on any atom is -0.326 e. The van der Waals surface area contributed by atoms with Crippen molar-refractivity contribution < 1.29 is 4.79 Å². The number of hydrogen-bond donors (Lipinski definition) is 1. The van der Waals surface area contributed by atoms with Crippen LogP contribution in [0.15, 0.2) is 18.2 Å². The number of anilines is 1. The molecule has 0 aliphatic heterocycles. The Hall–Kier alpha value is -1.02. The Kier molecular flexibility index (Phi) is 5.33. The maximum Gasteiger partial charge on any atom is 0.224 e. The van der Waals surface area contributed by atoms with Crippen LogP contribution in [-0.2, 0) is 4.79 Å². The molecule has 0 bridgehead atoms. The lowest BCUT2D eigenvalue weighted by Crippen LogP contribution is -2.11. The van der Waals surface area contributed by atoms with Crippen LogP contribution in [0.4, 0.5) is 5.69 Å². The summed E-state index contributed by atoms with van der Waals surface area (Å²) in [7, 11) is 0. The number of alkyl halides is 1. The van der Waals surface area contributed by atoms with Gasteiger partial charge in [-0.1, -0.05) is 6.07 Å². The Morgan fingerprint density at radius 2 is 2.00 bits per heavy atom. The predicted octanol–water partition coefficient (Wildman–Crippen LogP) is 3.65. The molecule has 0 aliphatic carbocycles. The van der Waals surface area contributed by atoms with E-state index in [1.807, 2.05) is 25.1 Å². The zero-order valence-corrected chi connectivity index (χ0v) is 10.6. The summed E-state index contributed by atoms with van der Waals surface area (Å²) < 4.78 is 0. The van der Waals surface area contributed by atoms with Gasteiger partial charge in [0.25, 0.3) is 0 Å². The summed E-state index contributed by atoms with van der Waals surface area (Å²) in [6.07, 6.45) is 2.28. The number of unbranched alkanes of at least 4 members (excludes halogenated alkanes) is 1. The predicted molar refractivity (Wildman–Crippen MR) is 69.1 cm³/mol. The third-order valence-electron chi connectivity index (χ3n) is 2.58. The fourth-order valence-corrected chi connectivity index (χ4v) is 1.61. The highest BCUT2D eigenvalue weighted by atomic mass is 35.5. The van der Waals surface area contributed by atoms with Crippen molar-refractivity contribution in [3.8, 4) is 0 Å². The van der Waals surface area contributed by atoms with Gasteiger partial charge < -0.3 is 5.32 Å². The Labute approximate surface area is 102 Å². The number of aryl methyl sites for hydroxylation is 2. The second-order valence-corrected chi connectivity index (χ2v) is 4.37. The summed E-state index contributed by atoms with van der Waals surface area (Å²) in [5.41, 5.74) is 3.30. The van der Waals surface area contributed by atoms with Crippen molar-refractivity contribution in [3.63, 3.8) is 0 Å². The van der Waals surface area contributed by atoms with Crippen molar-refractivity contribution in [2.24, 2.45) is 0 Å². The fourth-order valence-electron chi connectivity index (χ4n) is 1.42. The average Bonchev–Trinajstić information content (AvgIpc) is 2.24. The molecular weight excluding hydrogens is 222 g/mol. The van der Waals surface area contributed by atoms with E-state index in [9.17, 15) is 4.79 Å². The molecule has 0 spiro atoms. The first kappa shape index (κ1) is 13.0. The van der Waals surface area contributed by atoms with Crippen molar-refractivity contribution in [2.75, 3.05) is 11.2 Å². The van der Waals surface area contributed by atoms with E-state index in [2.05, 4.69) is 12.2 Å². The molecule has 0 unspecified atom stereocenters. The van der Waals surface area contributed by atoms with Crippen LogP contribution in [0.3, 0.4) is 0 Å². The first-order valence-corrected chi connectivity index (χ1v) is 6.10. The molecule has 0 radical (unpaired) electrons. The number of benzene rings is 1. The van der Waals surface area contributed by atoms with Gasteiger partial charge >= 0.3 is 0 Å². The number of amides is 1. The Bertz CT molecular complexity index is 363. The quantitative estimate of drug-likeness (QED) is 0.617. The molecule has 16 heavy (non-hydrogen) atoms. The first-order valence-electron chi connectivity index (χ1n) is 5.56. The minimum absolute atomic E-state index is 0.0633. The van der Waals surface area contributed by atoms with Gasteiger partial charge in [0.1, 0.15) is 0 Å². The zero-order valence-electron chi connectivity index (χ0n) is 9.85. The van der Waals surface area contributed by atoms with Crippen molar-refractivity contribution in [2.45, 2.75) is 33.1 Å². The van der Waals surface area contributed by atoms with E-state index in [0.29, 0.717) is 12.3 Å². The smallest absolute Gasteiger partial charge is 0.224 e. The highest BCUT2D eigenvalue weighted by Gasteiger charge is 2.02. The molecule has 0 aromatic heterocycles. The van der Waals surface area contributed by atoms with Crippen LogP contribution in [-0.4, -0.2) is 11.8 Å². The SMILES string of the molecule is Cc1ccc(NC(=O)CCCCCl)cc1C. The van der Waals surface area contributed by atoms with E-state index in [0.717, 1.165) is 18.5 Å². The van der Waals surface area contributed by atoms with Crippen LogP contribution in [0.1, 0.15) is 30.4 Å².